The van der Waals surface area contributed by atoms with Gasteiger partial charge in [-0.2, -0.15) is 0 Å². The van der Waals surface area contributed by atoms with E-state index in [-0.39, 0.29) is 5.91 Å². The van der Waals surface area contributed by atoms with Crippen molar-refractivity contribution in [3.05, 3.63) is 0 Å². The molecule has 3 heteroatoms. The van der Waals surface area contributed by atoms with Crippen LogP contribution in [0.25, 0.3) is 0 Å². The maximum absolute atomic E-state index is 11.1. The molecule has 2 atom stereocenters. The normalized spacial score (nSPS) is 29.8. The minimum absolute atomic E-state index is 0.163. The third-order valence-corrected chi connectivity index (χ3v) is 2.43. The molecule has 0 saturated carbocycles. The van der Waals surface area contributed by atoms with Gasteiger partial charge in [0.1, 0.15) is 0 Å². The van der Waals surface area contributed by atoms with Crippen LogP contribution < -0.4 is 10.6 Å². The summed E-state index contributed by atoms with van der Waals surface area (Å²) < 4.78 is 0. The summed E-state index contributed by atoms with van der Waals surface area (Å²) in [5.74, 6) is 0.163. The zero-order chi connectivity index (χ0) is 8.97. The Hall–Kier alpha value is -0.570. The SMILES string of the molecule is CCC(=O)NC1CCCNC1C. The number of rotatable bonds is 2. The second-order valence-corrected chi connectivity index (χ2v) is 3.41. The lowest BCUT2D eigenvalue weighted by Gasteiger charge is -2.30. The Morgan fingerprint density at radius 1 is 1.67 bits per heavy atom. The van der Waals surface area contributed by atoms with Gasteiger partial charge in [0, 0.05) is 18.5 Å². The summed E-state index contributed by atoms with van der Waals surface area (Å²) in [7, 11) is 0. The van der Waals surface area contributed by atoms with E-state index in [0.717, 1.165) is 13.0 Å². The topological polar surface area (TPSA) is 41.1 Å². The fraction of sp³-hybridized carbons (Fsp3) is 0.889. The first-order chi connectivity index (χ1) is 5.74. The second-order valence-electron chi connectivity index (χ2n) is 3.41. The maximum Gasteiger partial charge on any atom is 0.219 e. The smallest absolute Gasteiger partial charge is 0.219 e. The van der Waals surface area contributed by atoms with Gasteiger partial charge in [-0.05, 0) is 26.3 Å². The first-order valence-electron chi connectivity index (χ1n) is 4.76. The number of nitrogens with one attached hydrogen (secondary N) is 2. The van der Waals surface area contributed by atoms with Crippen molar-refractivity contribution in [2.75, 3.05) is 6.54 Å². The molecule has 1 saturated heterocycles. The van der Waals surface area contributed by atoms with Gasteiger partial charge < -0.3 is 10.6 Å². The molecule has 0 bridgehead atoms. The molecule has 2 N–H and O–H groups in total. The minimum Gasteiger partial charge on any atom is -0.352 e. The van der Waals surface area contributed by atoms with Crippen molar-refractivity contribution in [1.29, 1.82) is 0 Å². The molecule has 1 aliphatic heterocycles. The molecule has 1 rings (SSSR count). The molecular formula is C9H18N2O. The first kappa shape index (κ1) is 9.52. The van der Waals surface area contributed by atoms with Crippen molar-refractivity contribution in [2.24, 2.45) is 0 Å². The highest BCUT2D eigenvalue weighted by Gasteiger charge is 2.21. The van der Waals surface area contributed by atoms with E-state index in [9.17, 15) is 4.79 Å². The lowest BCUT2D eigenvalue weighted by molar-refractivity contribution is -0.121. The lowest BCUT2D eigenvalue weighted by Crippen LogP contribution is -2.51. The lowest BCUT2D eigenvalue weighted by atomic mass is 10.00. The molecule has 70 valence electrons. The summed E-state index contributed by atoms with van der Waals surface area (Å²) in [6, 6.07) is 0.764. The average Bonchev–Trinajstić information content (AvgIpc) is 2.09. The van der Waals surface area contributed by atoms with Crippen LogP contribution in [0.4, 0.5) is 0 Å². The van der Waals surface area contributed by atoms with E-state index in [2.05, 4.69) is 17.6 Å². The number of hydrogen-bond donors (Lipinski definition) is 2. The summed E-state index contributed by atoms with van der Waals surface area (Å²) in [6.07, 6.45) is 2.86. The monoisotopic (exact) mass is 170 g/mol. The van der Waals surface area contributed by atoms with Crippen LogP contribution in [-0.2, 0) is 4.79 Å². The summed E-state index contributed by atoms with van der Waals surface area (Å²) in [4.78, 5) is 11.1. The quantitative estimate of drug-likeness (QED) is 0.639. The molecule has 0 aromatic carbocycles. The minimum atomic E-state index is 0.163. The summed E-state index contributed by atoms with van der Waals surface area (Å²) in [5, 5.41) is 6.36. The third-order valence-electron chi connectivity index (χ3n) is 2.43. The Morgan fingerprint density at radius 2 is 2.42 bits per heavy atom. The van der Waals surface area contributed by atoms with Crippen molar-refractivity contribution in [3.63, 3.8) is 0 Å². The van der Waals surface area contributed by atoms with Gasteiger partial charge in [-0.25, -0.2) is 0 Å². The van der Waals surface area contributed by atoms with Crippen LogP contribution in [0.15, 0.2) is 0 Å². The van der Waals surface area contributed by atoms with Gasteiger partial charge in [-0.3, -0.25) is 4.79 Å². The molecule has 0 aromatic rings. The average molecular weight is 170 g/mol. The van der Waals surface area contributed by atoms with E-state index in [0.29, 0.717) is 18.5 Å². The molecule has 0 aromatic heterocycles. The highest BCUT2D eigenvalue weighted by molar-refractivity contribution is 5.75. The second kappa shape index (κ2) is 4.45. The molecule has 1 fully saturated rings. The van der Waals surface area contributed by atoms with Crippen LogP contribution in [-0.4, -0.2) is 24.5 Å². The number of piperidine rings is 1. The van der Waals surface area contributed by atoms with Crippen LogP contribution in [0.1, 0.15) is 33.1 Å². The fourth-order valence-corrected chi connectivity index (χ4v) is 1.55. The van der Waals surface area contributed by atoms with Gasteiger partial charge in [0.25, 0.3) is 0 Å². The summed E-state index contributed by atoms with van der Waals surface area (Å²) >= 11 is 0. The van der Waals surface area contributed by atoms with Gasteiger partial charge in [0.2, 0.25) is 5.91 Å². The Balaban J connectivity index is 2.33. The van der Waals surface area contributed by atoms with Crippen LogP contribution in [0.2, 0.25) is 0 Å². The van der Waals surface area contributed by atoms with Gasteiger partial charge in [0.15, 0.2) is 0 Å². The van der Waals surface area contributed by atoms with Crippen molar-refractivity contribution < 1.29 is 4.79 Å². The molecule has 1 amide bonds. The highest BCUT2D eigenvalue weighted by atomic mass is 16.1. The number of amides is 1. The molecule has 0 spiro atoms. The van der Waals surface area contributed by atoms with E-state index in [1.165, 1.54) is 6.42 Å². The van der Waals surface area contributed by atoms with Crippen LogP contribution in [0, 0.1) is 0 Å². The fourth-order valence-electron chi connectivity index (χ4n) is 1.55. The van der Waals surface area contributed by atoms with E-state index in [4.69, 9.17) is 0 Å². The highest BCUT2D eigenvalue weighted by Crippen LogP contribution is 2.07. The number of carbonyl (C=O) groups excluding carboxylic acids is 1. The third kappa shape index (κ3) is 2.48. The zero-order valence-corrected chi connectivity index (χ0v) is 7.89. The maximum atomic E-state index is 11.1. The Morgan fingerprint density at radius 3 is 3.00 bits per heavy atom. The number of carbonyl (C=O) groups is 1. The van der Waals surface area contributed by atoms with E-state index in [1.807, 2.05) is 6.92 Å². The predicted molar refractivity (Wildman–Crippen MR) is 48.9 cm³/mol. The van der Waals surface area contributed by atoms with Crippen molar-refractivity contribution in [1.82, 2.24) is 10.6 Å². The van der Waals surface area contributed by atoms with Gasteiger partial charge >= 0.3 is 0 Å². The molecule has 2 unspecified atom stereocenters. The van der Waals surface area contributed by atoms with E-state index in [1.54, 1.807) is 0 Å². The Labute approximate surface area is 73.9 Å². The van der Waals surface area contributed by atoms with Gasteiger partial charge in [0.05, 0.1) is 0 Å². The van der Waals surface area contributed by atoms with Crippen LogP contribution >= 0.6 is 0 Å². The van der Waals surface area contributed by atoms with E-state index >= 15 is 0 Å². The molecule has 1 aliphatic rings. The molecule has 0 aliphatic carbocycles. The van der Waals surface area contributed by atoms with Crippen molar-refractivity contribution >= 4 is 5.91 Å². The van der Waals surface area contributed by atoms with Crippen molar-refractivity contribution in [3.8, 4) is 0 Å². The predicted octanol–water partition coefficient (Wildman–Crippen LogP) is 0.653. The molecule has 1 heterocycles. The summed E-state index contributed by atoms with van der Waals surface area (Å²) in [6.45, 7) is 5.09. The largest absolute Gasteiger partial charge is 0.352 e. The summed E-state index contributed by atoms with van der Waals surface area (Å²) in [5.41, 5.74) is 0. The molecule has 0 radical (unpaired) electrons. The molecular weight excluding hydrogens is 152 g/mol. The van der Waals surface area contributed by atoms with Gasteiger partial charge in [-0.1, -0.05) is 6.92 Å². The van der Waals surface area contributed by atoms with Gasteiger partial charge in [-0.15, -0.1) is 0 Å². The zero-order valence-electron chi connectivity index (χ0n) is 7.89. The van der Waals surface area contributed by atoms with Crippen LogP contribution in [0.5, 0.6) is 0 Å². The standard InChI is InChI=1S/C9H18N2O/c1-3-9(12)11-8-5-4-6-10-7(8)2/h7-8,10H,3-6H2,1-2H3,(H,11,12). The number of hydrogen-bond acceptors (Lipinski definition) is 2. The Bertz CT molecular complexity index is 159. The van der Waals surface area contributed by atoms with Crippen LogP contribution in [0.3, 0.4) is 0 Å². The van der Waals surface area contributed by atoms with Crippen molar-refractivity contribution in [2.45, 2.75) is 45.2 Å². The molecule has 3 nitrogen and oxygen atoms in total. The Kier molecular flexibility index (Phi) is 3.53. The first-order valence-corrected chi connectivity index (χ1v) is 4.76. The van der Waals surface area contributed by atoms with E-state index < -0.39 is 0 Å². The molecule has 12 heavy (non-hydrogen) atoms.